The van der Waals surface area contributed by atoms with Crippen LogP contribution in [0.25, 0.3) is 0 Å². The average molecular weight is 389 g/mol. The van der Waals surface area contributed by atoms with Gasteiger partial charge in [0.05, 0.1) is 30.5 Å². The van der Waals surface area contributed by atoms with E-state index in [2.05, 4.69) is 72.3 Å². The molecule has 1 unspecified atom stereocenters. The molecule has 4 nitrogen and oxygen atoms in total. The highest BCUT2D eigenvalue weighted by atomic mass is 16.5. The first-order chi connectivity index (χ1) is 14.2. The van der Waals surface area contributed by atoms with Gasteiger partial charge in [-0.1, -0.05) is 42.0 Å². The SMILES string of the molecule is COCCC[NH+](Cc1ccc(C#N)cc1)Cc1cccn1Cc1cccc(C)c1. The first-order valence-electron chi connectivity index (χ1n) is 10.2. The molecular formula is C25H30N3O+. The summed E-state index contributed by atoms with van der Waals surface area (Å²) in [6.07, 6.45) is 3.20. The first-order valence-corrected chi connectivity index (χ1v) is 10.2. The minimum atomic E-state index is 0.710. The van der Waals surface area contributed by atoms with E-state index in [-0.39, 0.29) is 0 Å². The summed E-state index contributed by atoms with van der Waals surface area (Å²) < 4.78 is 7.62. The van der Waals surface area contributed by atoms with Crippen molar-refractivity contribution in [2.75, 3.05) is 20.3 Å². The molecule has 2 aromatic carbocycles. The molecule has 0 aliphatic heterocycles. The first kappa shape index (κ1) is 20.9. The Morgan fingerprint density at radius 2 is 1.83 bits per heavy atom. The molecule has 0 radical (unpaired) electrons. The van der Waals surface area contributed by atoms with Crippen LogP contribution in [0.2, 0.25) is 0 Å². The number of nitriles is 1. The maximum atomic E-state index is 9.02. The van der Waals surface area contributed by atoms with Crippen LogP contribution < -0.4 is 4.90 Å². The largest absolute Gasteiger partial charge is 0.384 e. The molecule has 150 valence electrons. The van der Waals surface area contributed by atoms with E-state index in [1.807, 2.05) is 12.1 Å². The molecular weight excluding hydrogens is 358 g/mol. The van der Waals surface area contributed by atoms with Gasteiger partial charge in [-0.15, -0.1) is 0 Å². The number of aryl methyl sites for hydroxylation is 1. The maximum absolute atomic E-state index is 9.02. The number of benzene rings is 2. The molecule has 0 aliphatic rings. The molecule has 0 saturated heterocycles. The van der Waals surface area contributed by atoms with Gasteiger partial charge in [-0.05, 0) is 36.8 Å². The van der Waals surface area contributed by atoms with Gasteiger partial charge in [-0.25, -0.2) is 0 Å². The van der Waals surface area contributed by atoms with Crippen molar-refractivity contribution < 1.29 is 9.64 Å². The van der Waals surface area contributed by atoms with Gasteiger partial charge >= 0.3 is 0 Å². The fourth-order valence-electron chi connectivity index (χ4n) is 3.72. The molecule has 1 N–H and O–H groups in total. The number of methoxy groups -OCH3 is 1. The molecule has 29 heavy (non-hydrogen) atoms. The van der Waals surface area contributed by atoms with E-state index in [9.17, 15) is 0 Å². The van der Waals surface area contributed by atoms with E-state index in [4.69, 9.17) is 10.00 Å². The molecule has 0 aliphatic carbocycles. The normalized spacial score (nSPS) is 11.9. The summed E-state index contributed by atoms with van der Waals surface area (Å²) in [6.45, 7) is 6.75. The summed E-state index contributed by atoms with van der Waals surface area (Å²) in [5, 5.41) is 9.02. The van der Waals surface area contributed by atoms with Gasteiger partial charge in [0.1, 0.15) is 13.1 Å². The number of ether oxygens (including phenoxy) is 1. The molecule has 1 atom stereocenters. The number of rotatable bonds is 10. The van der Waals surface area contributed by atoms with Crippen LogP contribution in [0.4, 0.5) is 0 Å². The van der Waals surface area contributed by atoms with E-state index in [0.717, 1.165) is 39.2 Å². The summed E-state index contributed by atoms with van der Waals surface area (Å²) in [5.41, 5.74) is 5.93. The van der Waals surface area contributed by atoms with Crippen molar-refractivity contribution in [1.29, 1.82) is 5.26 Å². The highest BCUT2D eigenvalue weighted by Gasteiger charge is 2.14. The minimum absolute atomic E-state index is 0.710. The van der Waals surface area contributed by atoms with Crippen LogP contribution in [0.15, 0.2) is 66.9 Å². The predicted octanol–water partition coefficient (Wildman–Crippen LogP) is 3.34. The smallest absolute Gasteiger partial charge is 0.118 e. The lowest BCUT2D eigenvalue weighted by molar-refractivity contribution is -0.928. The minimum Gasteiger partial charge on any atom is -0.384 e. The molecule has 0 spiro atoms. The Bertz CT molecular complexity index is 937. The van der Waals surface area contributed by atoms with Gasteiger partial charge in [0.15, 0.2) is 0 Å². The van der Waals surface area contributed by atoms with Crippen molar-refractivity contribution in [3.05, 3.63) is 94.8 Å². The van der Waals surface area contributed by atoms with Crippen molar-refractivity contribution >= 4 is 0 Å². The van der Waals surface area contributed by atoms with Crippen LogP contribution in [0.1, 0.15) is 34.4 Å². The van der Waals surface area contributed by atoms with Crippen LogP contribution in [0.3, 0.4) is 0 Å². The Balaban J connectivity index is 1.71. The van der Waals surface area contributed by atoms with E-state index in [1.54, 1.807) is 7.11 Å². The number of nitrogens with one attached hydrogen (secondary N) is 1. The van der Waals surface area contributed by atoms with Crippen LogP contribution in [-0.4, -0.2) is 24.8 Å². The molecule has 0 amide bonds. The van der Waals surface area contributed by atoms with Crippen LogP contribution in [0, 0.1) is 18.3 Å². The molecule has 1 heterocycles. The van der Waals surface area contributed by atoms with Gasteiger partial charge < -0.3 is 14.2 Å². The molecule has 3 aromatic rings. The van der Waals surface area contributed by atoms with Crippen LogP contribution in [0.5, 0.6) is 0 Å². The van der Waals surface area contributed by atoms with E-state index >= 15 is 0 Å². The average Bonchev–Trinajstić information content (AvgIpc) is 3.15. The Kier molecular flexibility index (Phi) is 7.63. The zero-order valence-electron chi connectivity index (χ0n) is 17.4. The second-order valence-corrected chi connectivity index (χ2v) is 7.63. The molecule has 4 heteroatoms. The zero-order valence-corrected chi connectivity index (χ0v) is 17.4. The lowest BCUT2D eigenvalue weighted by Crippen LogP contribution is -3.09. The molecule has 0 saturated carbocycles. The van der Waals surface area contributed by atoms with Gasteiger partial charge in [-0.3, -0.25) is 0 Å². The third kappa shape index (κ3) is 6.32. The molecule has 3 rings (SSSR count). The number of hydrogen-bond donors (Lipinski definition) is 1. The number of aromatic nitrogens is 1. The Labute approximate surface area is 174 Å². The topological polar surface area (TPSA) is 42.4 Å². The lowest BCUT2D eigenvalue weighted by Gasteiger charge is -2.21. The third-order valence-electron chi connectivity index (χ3n) is 5.21. The Hall–Kier alpha value is -2.87. The molecule has 0 fully saturated rings. The third-order valence-corrected chi connectivity index (χ3v) is 5.21. The molecule has 0 bridgehead atoms. The van der Waals surface area contributed by atoms with Crippen LogP contribution in [-0.2, 0) is 24.4 Å². The summed E-state index contributed by atoms with van der Waals surface area (Å²) in [4.78, 5) is 1.50. The van der Waals surface area contributed by atoms with Crippen molar-refractivity contribution in [2.45, 2.75) is 33.0 Å². The number of nitrogens with zero attached hydrogens (tertiary/aromatic N) is 2. The lowest BCUT2D eigenvalue weighted by atomic mass is 10.1. The Morgan fingerprint density at radius 1 is 1.00 bits per heavy atom. The van der Waals surface area contributed by atoms with E-state index in [1.165, 1.54) is 27.3 Å². The van der Waals surface area contributed by atoms with Crippen molar-refractivity contribution in [2.24, 2.45) is 0 Å². The van der Waals surface area contributed by atoms with Crippen molar-refractivity contribution in [1.82, 2.24) is 4.57 Å². The van der Waals surface area contributed by atoms with E-state index in [0.29, 0.717) is 5.56 Å². The second kappa shape index (κ2) is 10.6. The summed E-state index contributed by atoms with van der Waals surface area (Å²) in [7, 11) is 1.76. The predicted molar refractivity (Wildman–Crippen MR) is 116 cm³/mol. The van der Waals surface area contributed by atoms with Crippen molar-refractivity contribution in [3.8, 4) is 6.07 Å². The van der Waals surface area contributed by atoms with Gasteiger partial charge in [-0.2, -0.15) is 5.26 Å². The van der Waals surface area contributed by atoms with Crippen molar-refractivity contribution in [3.63, 3.8) is 0 Å². The van der Waals surface area contributed by atoms with E-state index < -0.39 is 0 Å². The fraction of sp³-hybridized carbons (Fsp3) is 0.320. The maximum Gasteiger partial charge on any atom is 0.118 e. The van der Waals surface area contributed by atoms with Crippen LogP contribution >= 0.6 is 0 Å². The highest BCUT2D eigenvalue weighted by Crippen LogP contribution is 2.10. The monoisotopic (exact) mass is 388 g/mol. The Morgan fingerprint density at radius 3 is 2.55 bits per heavy atom. The standard InChI is InChI=1S/C25H29N3O/c1-21-6-3-7-24(16-21)19-28-14-4-8-25(28)20-27(13-5-15-29-2)18-23-11-9-22(17-26)10-12-23/h3-4,6-12,14,16H,5,13,15,18-20H2,1-2H3/p+1. The zero-order chi connectivity index (χ0) is 20.5. The quantitative estimate of drug-likeness (QED) is 0.541. The number of hydrogen-bond acceptors (Lipinski definition) is 2. The highest BCUT2D eigenvalue weighted by molar-refractivity contribution is 5.31. The summed E-state index contributed by atoms with van der Waals surface area (Å²) in [5.74, 6) is 0. The van der Waals surface area contributed by atoms with Gasteiger partial charge in [0.2, 0.25) is 0 Å². The fourth-order valence-corrected chi connectivity index (χ4v) is 3.72. The van der Waals surface area contributed by atoms with Gasteiger partial charge in [0, 0.05) is 31.8 Å². The summed E-state index contributed by atoms with van der Waals surface area (Å²) in [6, 6.07) is 23.2. The number of quaternary nitrogens is 1. The molecule has 1 aromatic heterocycles. The second-order valence-electron chi connectivity index (χ2n) is 7.63. The summed E-state index contributed by atoms with van der Waals surface area (Å²) >= 11 is 0. The van der Waals surface area contributed by atoms with Gasteiger partial charge in [0.25, 0.3) is 0 Å².